The Labute approximate surface area is 171 Å². The summed E-state index contributed by atoms with van der Waals surface area (Å²) in [6.07, 6.45) is 0.393. The van der Waals surface area contributed by atoms with Gasteiger partial charge in [0, 0.05) is 23.4 Å². The van der Waals surface area contributed by atoms with Gasteiger partial charge in [0.1, 0.15) is 5.75 Å². The van der Waals surface area contributed by atoms with Gasteiger partial charge in [-0.2, -0.15) is 0 Å². The topological polar surface area (TPSA) is 79.5 Å². The largest absolute Gasteiger partial charge is 0.493 e. The Kier molecular flexibility index (Phi) is 7.75. The lowest BCUT2D eigenvalue weighted by molar-refractivity contribution is -0.115. The minimum Gasteiger partial charge on any atom is -0.493 e. The van der Waals surface area contributed by atoms with Gasteiger partial charge in [-0.15, -0.1) is 0 Å². The molecule has 27 heavy (non-hydrogen) atoms. The second-order valence-corrected chi connectivity index (χ2v) is 6.73. The van der Waals surface area contributed by atoms with Crippen LogP contribution in [0.5, 0.6) is 5.75 Å². The fourth-order valence-corrected chi connectivity index (χ4v) is 2.88. The monoisotopic (exact) mass is 449 g/mol. The molecule has 0 spiro atoms. The molecule has 8 heteroatoms. The Bertz CT molecular complexity index is 858. The Morgan fingerprint density at radius 3 is 2.41 bits per heavy atom. The maximum atomic E-state index is 12.4. The van der Waals surface area contributed by atoms with Gasteiger partial charge in [-0.3, -0.25) is 14.9 Å². The Morgan fingerprint density at radius 2 is 1.78 bits per heavy atom. The molecule has 0 aliphatic carbocycles. The number of hydrogen-bond acceptors (Lipinski definition) is 4. The zero-order valence-corrected chi connectivity index (χ0v) is 17.4. The molecule has 2 aromatic rings. The average Bonchev–Trinajstić information content (AvgIpc) is 2.63. The molecule has 0 aliphatic heterocycles. The zero-order chi connectivity index (χ0) is 19.8. The highest BCUT2D eigenvalue weighted by atomic mass is 79.9. The molecule has 0 saturated heterocycles. The van der Waals surface area contributed by atoms with Gasteiger partial charge in [0.2, 0.25) is 5.91 Å². The van der Waals surface area contributed by atoms with Gasteiger partial charge in [0.15, 0.2) is 5.11 Å². The second kappa shape index (κ2) is 10.0. The summed E-state index contributed by atoms with van der Waals surface area (Å²) in [6, 6.07) is 12.1. The Hall–Kier alpha value is -2.45. The van der Waals surface area contributed by atoms with Crippen LogP contribution in [-0.2, 0) is 4.79 Å². The number of nitrogens with one attached hydrogen (secondary N) is 3. The SMILES string of the molecule is CCOc1ccc(C(=O)NC(=S)Nc2cccc(NC(=O)CC)c2)cc1Br. The fraction of sp³-hybridized carbons (Fsp3) is 0.211. The number of rotatable bonds is 6. The summed E-state index contributed by atoms with van der Waals surface area (Å²) in [6.45, 7) is 4.21. The van der Waals surface area contributed by atoms with Crippen LogP contribution < -0.4 is 20.7 Å². The van der Waals surface area contributed by atoms with Crippen LogP contribution in [0.4, 0.5) is 11.4 Å². The van der Waals surface area contributed by atoms with Crippen LogP contribution >= 0.6 is 28.1 Å². The van der Waals surface area contributed by atoms with Gasteiger partial charge in [-0.05, 0) is 71.5 Å². The van der Waals surface area contributed by atoms with Gasteiger partial charge in [-0.1, -0.05) is 13.0 Å². The van der Waals surface area contributed by atoms with E-state index in [0.717, 1.165) is 0 Å². The molecule has 2 amide bonds. The highest BCUT2D eigenvalue weighted by molar-refractivity contribution is 9.10. The average molecular weight is 450 g/mol. The van der Waals surface area contributed by atoms with Gasteiger partial charge in [-0.25, -0.2) is 0 Å². The summed E-state index contributed by atoms with van der Waals surface area (Å²) in [5.41, 5.74) is 1.75. The standard InChI is InChI=1S/C19H20BrN3O3S/c1-3-17(24)21-13-6-5-7-14(11-13)22-19(27)23-18(25)12-8-9-16(26-4-2)15(20)10-12/h5-11H,3-4H2,1-2H3,(H,21,24)(H2,22,23,25,27). The molecule has 0 fully saturated rings. The normalized spacial score (nSPS) is 10.0. The molecule has 142 valence electrons. The molecule has 3 N–H and O–H groups in total. The first-order valence-corrected chi connectivity index (χ1v) is 9.57. The number of hydrogen-bond donors (Lipinski definition) is 3. The number of anilines is 2. The third-order valence-electron chi connectivity index (χ3n) is 3.45. The van der Waals surface area contributed by atoms with E-state index in [2.05, 4.69) is 31.9 Å². The number of carbonyl (C=O) groups excluding carboxylic acids is 2. The van der Waals surface area contributed by atoms with E-state index in [1.165, 1.54) is 0 Å². The van der Waals surface area contributed by atoms with Crippen LogP contribution in [0.1, 0.15) is 30.6 Å². The lowest BCUT2D eigenvalue weighted by Gasteiger charge is -2.12. The first kappa shape index (κ1) is 20.9. The van der Waals surface area contributed by atoms with E-state index < -0.39 is 0 Å². The minimum absolute atomic E-state index is 0.0795. The number of thiocarbonyl (C=S) groups is 1. The molecule has 0 atom stereocenters. The quantitative estimate of drug-likeness (QED) is 0.572. The predicted molar refractivity (Wildman–Crippen MR) is 114 cm³/mol. The van der Waals surface area contributed by atoms with Crippen molar-refractivity contribution in [3.05, 3.63) is 52.5 Å². The number of ether oxygens (including phenoxy) is 1. The van der Waals surface area contributed by atoms with Crippen LogP contribution in [0.25, 0.3) is 0 Å². The summed E-state index contributed by atoms with van der Waals surface area (Å²) in [5, 5.41) is 8.48. The summed E-state index contributed by atoms with van der Waals surface area (Å²) < 4.78 is 6.12. The Morgan fingerprint density at radius 1 is 1.07 bits per heavy atom. The van der Waals surface area contributed by atoms with Gasteiger partial charge in [0.25, 0.3) is 5.91 Å². The third kappa shape index (κ3) is 6.33. The summed E-state index contributed by atoms with van der Waals surface area (Å²) in [5.74, 6) is 0.247. The lowest BCUT2D eigenvalue weighted by atomic mass is 10.2. The van der Waals surface area contributed by atoms with Crippen molar-refractivity contribution in [2.45, 2.75) is 20.3 Å². The van der Waals surface area contributed by atoms with Crippen LogP contribution in [-0.4, -0.2) is 23.5 Å². The lowest BCUT2D eigenvalue weighted by Crippen LogP contribution is -2.34. The van der Waals surface area contributed by atoms with E-state index >= 15 is 0 Å². The maximum Gasteiger partial charge on any atom is 0.257 e. The van der Waals surface area contributed by atoms with E-state index in [0.29, 0.717) is 40.2 Å². The molecule has 0 bridgehead atoms. The van der Waals surface area contributed by atoms with Crippen LogP contribution in [0.3, 0.4) is 0 Å². The summed E-state index contributed by atoms with van der Waals surface area (Å²) in [7, 11) is 0. The maximum absolute atomic E-state index is 12.4. The van der Waals surface area contributed by atoms with Crippen molar-refractivity contribution in [3.63, 3.8) is 0 Å². The van der Waals surface area contributed by atoms with E-state index in [9.17, 15) is 9.59 Å². The van der Waals surface area contributed by atoms with E-state index in [4.69, 9.17) is 17.0 Å². The second-order valence-electron chi connectivity index (χ2n) is 5.47. The van der Waals surface area contributed by atoms with E-state index in [-0.39, 0.29) is 16.9 Å². The molecule has 6 nitrogen and oxygen atoms in total. The van der Waals surface area contributed by atoms with Crippen molar-refractivity contribution in [3.8, 4) is 5.75 Å². The van der Waals surface area contributed by atoms with Gasteiger partial charge < -0.3 is 15.4 Å². The molecular formula is C19H20BrN3O3S. The number of halogens is 1. The fourth-order valence-electron chi connectivity index (χ4n) is 2.18. The first-order valence-electron chi connectivity index (χ1n) is 8.37. The summed E-state index contributed by atoms with van der Waals surface area (Å²) >= 11 is 8.58. The zero-order valence-electron chi connectivity index (χ0n) is 15.0. The molecule has 0 aromatic heterocycles. The third-order valence-corrected chi connectivity index (χ3v) is 4.27. The van der Waals surface area contributed by atoms with Crippen molar-refractivity contribution in [2.24, 2.45) is 0 Å². The van der Waals surface area contributed by atoms with E-state index in [1.54, 1.807) is 49.4 Å². The van der Waals surface area contributed by atoms with Crippen molar-refractivity contribution < 1.29 is 14.3 Å². The molecule has 0 unspecified atom stereocenters. The smallest absolute Gasteiger partial charge is 0.257 e. The first-order chi connectivity index (χ1) is 12.9. The van der Waals surface area contributed by atoms with Crippen molar-refractivity contribution in [1.29, 1.82) is 0 Å². The van der Waals surface area contributed by atoms with Crippen LogP contribution in [0.2, 0.25) is 0 Å². The number of benzene rings is 2. The van der Waals surface area contributed by atoms with Gasteiger partial charge in [0.05, 0.1) is 11.1 Å². The molecule has 0 radical (unpaired) electrons. The van der Waals surface area contributed by atoms with E-state index in [1.807, 2.05) is 6.92 Å². The molecule has 2 rings (SSSR count). The minimum atomic E-state index is -0.341. The molecular weight excluding hydrogens is 430 g/mol. The number of carbonyl (C=O) groups is 2. The predicted octanol–water partition coefficient (Wildman–Crippen LogP) is 4.32. The summed E-state index contributed by atoms with van der Waals surface area (Å²) in [4.78, 5) is 23.8. The van der Waals surface area contributed by atoms with Crippen molar-refractivity contribution in [2.75, 3.05) is 17.2 Å². The van der Waals surface area contributed by atoms with Crippen molar-refractivity contribution >= 4 is 56.4 Å². The number of amides is 2. The molecule has 0 heterocycles. The highest BCUT2D eigenvalue weighted by Gasteiger charge is 2.11. The van der Waals surface area contributed by atoms with Gasteiger partial charge >= 0.3 is 0 Å². The molecule has 0 saturated carbocycles. The van der Waals surface area contributed by atoms with Crippen LogP contribution in [0.15, 0.2) is 46.9 Å². The highest BCUT2D eigenvalue weighted by Crippen LogP contribution is 2.26. The van der Waals surface area contributed by atoms with Crippen LogP contribution in [0, 0.1) is 0 Å². The van der Waals surface area contributed by atoms with Crippen molar-refractivity contribution in [1.82, 2.24) is 5.32 Å². The Balaban J connectivity index is 1.99. The molecule has 0 aliphatic rings. The molecule has 2 aromatic carbocycles.